The summed E-state index contributed by atoms with van der Waals surface area (Å²) in [4.78, 5) is 0. The van der Waals surface area contributed by atoms with Gasteiger partial charge in [-0.1, -0.05) is 15.9 Å². The van der Waals surface area contributed by atoms with Crippen molar-refractivity contribution >= 4 is 27.7 Å². The van der Waals surface area contributed by atoms with Gasteiger partial charge in [0.1, 0.15) is 5.82 Å². The number of nitrogens with one attached hydrogen (secondary N) is 1. The van der Waals surface area contributed by atoms with Gasteiger partial charge in [0.2, 0.25) is 0 Å². The van der Waals surface area contributed by atoms with E-state index in [4.69, 9.17) is 0 Å². The topological polar surface area (TPSA) is 32.3 Å². The first-order chi connectivity index (χ1) is 8.59. The van der Waals surface area contributed by atoms with Gasteiger partial charge in [-0.25, -0.2) is 4.39 Å². The summed E-state index contributed by atoms with van der Waals surface area (Å²) in [5.41, 5.74) is 0.00597. The van der Waals surface area contributed by atoms with Crippen LogP contribution in [-0.4, -0.2) is 28.8 Å². The molecule has 5 heteroatoms. The van der Waals surface area contributed by atoms with E-state index in [1.807, 2.05) is 11.8 Å². The van der Waals surface area contributed by atoms with Crippen LogP contribution in [0.25, 0.3) is 0 Å². The van der Waals surface area contributed by atoms with Crippen LogP contribution in [0.3, 0.4) is 0 Å². The highest BCUT2D eigenvalue weighted by molar-refractivity contribution is 9.10. The van der Waals surface area contributed by atoms with Crippen LogP contribution in [0.2, 0.25) is 0 Å². The molecule has 1 fully saturated rings. The van der Waals surface area contributed by atoms with Crippen molar-refractivity contribution < 1.29 is 9.50 Å². The molecular formula is C13H17BrFNOS. The van der Waals surface area contributed by atoms with Crippen molar-refractivity contribution in [1.29, 1.82) is 0 Å². The van der Waals surface area contributed by atoms with Crippen LogP contribution in [0.5, 0.6) is 0 Å². The molecule has 1 aliphatic rings. The summed E-state index contributed by atoms with van der Waals surface area (Å²) in [5, 5.41) is 13.5. The average Bonchev–Trinajstić information content (AvgIpc) is 2.34. The predicted molar refractivity (Wildman–Crippen MR) is 77.3 cm³/mol. The Balaban J connectivity index is 1.86. The van der Waals surface area contributed by atoms with Gasteiger partial charge in [0.15, 0.2) is 0 Å². The highest BCUT2D eigenvalue weighted by Crippen LogP contribution is 2.26. The standard InChI is InChI=1S/C13H17BrFNOS/c14-11-1-2-12(15)10(7-11)8-16-9-13(17)3-5-18-6-4-13/h1-2,7,16-17H,3-6,8-9H2. The van der Waals surface area contributed by atoms with Crippen molar-refractivity contribution in [3.63, 3.8) is 0 Å². The molecule has 0 aromatic heterocycles. The first kappa shape index (κ1) is 14.3. The average molecular weight is 334 g/mol. The first-order valence-electron chi connectivity index (χ1n) is 6.04. The van der Waals surface area contributed by atoms with Crippen molar-refractivity contribution in [2.75, 3.05) is 18.1 Å². The van der Waals surface area contributed by atoms with E-state index in [1.165, 1.54) is 6.07 Å². The fourth-order valence-electron chi connectivity index (χ4n) is 2.04. The maximum atomic E-state index is 13.5. The highest BCUT2D eigenvalue weighted by atomic mass is 79.9. The number of aliphatic hydroxyl groups is 1. The fourth-order valence-corrected chi connectivity index (χ4v) is 3.70. The van der Waals surface area contributed by atoms with E-state index in [9.17, 15) is 9.50 Å². The Bertz CT molecular complexity index is 410. The maximum Gasteiger partial charge on any atom is 0.127 e. The van der Waals surface area contributed by atoms with E-state index in [1.54, 1.807) is 12.1 Å². The predicted octanol–water partition coefficient (Wildman–Crippen LogP) is 2.94. The lowest BCUT2D eigenvalue weighted by Crippen LogP contribution is -2.43. The minimum Gasteiger partial charge on any atom is -0.389 e. The number of benzene rings is 1. The van der Waals surface area contributed by atoms with E-state index < -0.39 is 5.60 Å². The lowest BCUT2D eigenvalue weighted by Gasteiger charge is -2.32. The van der Waals surface area contributed by atoms with Gasteiger partial charge < -0.3 is 10.4 Å². The molecule has 1 aliphatic heterocycles. The molecule has 1 heterocycles. The smallest absolute Gasteiger partial charge is 0.127 e. The van der Waals surface area contributed by atoms with E-state index in [-0.39, 0.29) is 5.82 Å². The summed E-state index contributed by atoms with van der Waals surface area (Å²) in [5.74, 6) is 1.80. The molecule has 1 aromatic carbocycles. The van der Waals surface area contributed by atoms with E-state index in [0.717, 1.165) is 28.8 Å². The molecule has 2 rings (SSSR count). The molecule has 0 spiro atoms. The van der Waals surface area contributed by atoms with Crippen LogP contribution in [-0.2, 0) is 6.54 Å². The molecule has 1 aromatic rings. The molecule has 100 valence electrons. The summed E-state index contributed by atoms with van der Waals surface area (Å²) >= 11 is 5.21. The molecule has 18 heavy (non-hydrogen) atoms. The maximum absolute atomic E-state index is 13.5. The Kier molecular flexibility index (Phi) is 5.06. The Hall–Kier alpha value is -0.100. The lowest BCUT2D eigenvalue weighted by molar-refractivity contribution is 0.0319. The molecule has 2 N–H and O–H groups in total. The number of hydrogen-bond acceptors (Lipinski definition) is 3. The van der Waals surface area contributed by atoms with Crippen LogP contribution >= 0.6 is 27.7 Å². The van der Waals surface area contributed by atoms with Crippen molar-refractivity contribution in [2.24, 2.45) is 0 Å². The summed E-state index contributed by atoms with van der Waals surface area (Å²) in [6.07, 6.45) is 1.62. The zero-order valence-corrected chi connectivity index (χ0v) is 12.5. The molecule has 2 nitrogen and oxygen atoms in total. The minimum atomic E-state index is -0.617. The zero-order chi connectivity index (χ0) is 13.0. The molecule has 0 bridgehead atoms. The van der Waals surface area contributed by atoms with Crippen LogP contribution in [0.15, 0.2) is 22.7 Å². The van der Waals surface area contributed by atoms with E-state index in [0.29, 0.717) is 18.7 Å². The van der Waals surface area contributed by atoms with Crippen molar-refractivity contribution in [3.8, 4) is 0 Å². The van der Waals surface area contributed by atoms with Gasteiger partial charge in [-0.05, 0) is 42.5 Å². The normalized spacial score (nSPS) is 18.8. The van der Waals surface area contributed by atoms with Gasteiger partial charge in [0.25, 0.3) is 0 Å². The van der Waals surface area contributed by atoms with Gasteiger partial charge in [-0.3, -0.25) is 0 Å². The molecular weight excluding hydrogens is 317 g/mol. The van der Waals surface area contributed by atoms with Crippen LogP contribution in [0.1, 0.15) is 18.4 Å². The fraction of sp³-hybridized carbons (Fsp3) is 0.538. The third-order valence-corrected chi connectivity index (χ3v) is 4.68. The summed E-state index contributed by atoms with van der Waals surface area (Å²) < 4.78 is 14.4. The molecule has 0 unspecified atom stereocenters. The molecule has 0 saturated carbocycles. The number of thioether (sulfide) groups is 1. The van der Waals surface area contributed by atoms with Crippen molar-refractivity contribution in [1.82, 2.24) is 5.32 Å². The third-order valence-electron chi connectivity index (χ3n) is 3.20. The lowest BCUT2D eigenvalue weighted by atomic mass is 9.97. The van der Waals surface area contributed by atoms with Gasteiger partial charge in [0, 0.05) is 23.1 Å². The third kappa shape index (κ3) is 3.95. The summed E-state index contributed by atoms with van der Waals surface area (Å²) in [7, 11) is 0. The quantitative estimate of drug-likeness (QED) is 0.888. The molecule has 0 aliphatic carbocycles. The summed E-state index contributed by atoms with van der Waals surface area (Å²) in [6.45, 7) is 0.972. The highest BCUT2D eigenvalue weighted by Gasteiger charge is 2.28. The minimum absolute atomic E-state index is 0.211. The van der Waals surface area contributed by atoms with Gasteiger partial charge >= 0.3 is 0 Å². The second-order valence-electron chi connectivity index (χ2n) is 4.68. The van der Waals surface area contributed by atoms with E-state index in [2.05, 4.69) is 21.2 Å². The van der Waals surface area contributed by atoms with Crippen LogP contribution < -0.4 is 5.32 Å². The second kappa shape index (κ2) is 6.37. The Morgan fingerprint density at radius 2 is 2.11 bits per heavy atom. The van der Waals surface area contributed by atoms with Gasteiger partial charge in [0.05, 0.1) is 5.60 Å². The largest absolute Gasteiger partial charge is 0.389 e. The van der Waals surface area contributed by atoms with E-state index >= 15 is 0 Å². The van der Waals surface area contributed by atoms with Crippen LogP contribution in [0.4, 0.5) is 4.39 Å². The number of rotatable bonds is 4. The monoisotopic (exact) mass is 333 g/mol. The zero-order valence-electron chi connectivity index (χ0n) is 10.1. The number of hydrogen-bond donors (Lipinski definition) is 2. The molecule has 0 atom stereocenters. The molecule has 0 amide bonds. The molecule has 0 radical (unpaired) electrons. The van der Waals surface area contributed by atoms with Gasteiger partial charge in [-0.2, -0.15) is 11.8 Å². The Morgan fingerprint density at radius 3 is 2.83 bits per heavy atom. The SMILES string of the molecule is OC1(CNCc2cc(Br)ccc2F)CCSCC1. The van der Waals surface area contributed by atoms with Crippen LogP contribution in [0, 0.1) is 5.82 Å². The molecule has 1 saturated heterocycles. The van der Waals surface area contributed by atoms with Crippen molar-refractivity contribution in [3.05, 3.63) is 34.1 Å². The number of halogens is 2. The second-order valence-corrected chi connectivity index (χ2v) is 6.82. The first-order valence-corrected chi connectivity index (χ1v) is 7.99. The Labute approximate surface area is 119 Å². The summed E-state index contributed by atoms with van der Waals surface area (Å²) in [6, 6.07) is 4.90. The van der Waals surface area contributed by atoms with Gasteiger partial charge in [-0.15, -0.1) is 0 Å². The van der Waals surface area contributed by atoms with Crippen molar-refractivity contribution in [2.45, 2.75) is 25.0 Å². The Morgan fingerprint density at radius 1 is 1.39 bits per heavy atom.